The molecule has 74 valence electrons. The Bertz CT molecular complexity index is 635. The lowest BCUT2D eigenvalue weighted by Gasteiger charge is -2.01. The second-order valence-corrected chi connectivity index (χ2v) is 3.28. The normalized spacial score (nSPS) is 10.1. The van der Waals surface area contributed by atoms with Crippen molar-refractivity contribution in [3.05, 3.63) is 39.5 Å². The highest BCUT2D eigenvalue weighted by molar-refractivity contribution is 5.80. The van der Waals surface area contributed by atoms with Crippen LogP contribution in [0.3, 0.4) is 0 Å². The Morgan fingerprint density at radius 3 is 2.87 bits per heavy atom. The summed E-state index contributed by atoms with van der Waals surface area (Å²) in [5, 5.41) is 9.10. The number of hydrogen-bond acceptors (Lipinski definition) is 4. The first-order valence-electron chi connectivity index (χ1n) is 4.36. The number of rotatable bonds is 0. The van der Waals surface area contributed by atoms with Crippen LogP contribution in [0.2, 0.25) is 0 Å². The third-order valence-electron chi connectivity index (χ3n) is 2.19. The van der Waals surface area contributed by atoms with Crippen LogP contribution in [0.5, 0.6) is 0 Å². The fourth-order valence-electron chi connectivity index (χ4n) is 1.42. The van der Waals surface area contributed by atoms with E-state index in [9.17, 15) is 4.79 Å². The standard InChI is InChI=1S/C11H8N2O2/c1-6-2-3-7-9(4-6)15-11(13)8(5-12)10(7)14/h2-4H,13H2,1H3. The number of hydrogen-bond donors (Lipinski definition) is 1. The van der Waals surface area contributed by atoms with Gasteiger partial charge in [0.25, 0.3) is 0 Å². The minimum atomic E-state index is -0.378. The highest BCUT2D eigenvalue weighted by atomic mass is 16.3. The molecule has 2 N–H and O–H groups in total. The number of anilines is 1. The first kappa shape index (κ1) is 9.28. The first-order chi connectivity index (χ1) is 7.13. The maximum absolute atomic E-state index is 11.7. The molecule has 4 nitrogen and oxygen atoms in total. The van der Waals surface area contributed by atoms with E-state index in [1.165, 1.54) is 0 Å². The number of benzene rings is 1. The van der Waals surface area contributed by atoms with Crippen molar-refractivity contribution in [1.29, 1.82) is 5.26 Å². The SMILES string of the molecule is Cc1ccc2c(=O)c(C#N)c(N)oc2c1. The van der Waals surface area contributed by atoms with Crippen molar-refractivity contribution in [2.75, 3.05) is 5.73 Å². The van der Waals surface area contributed by atoms with Gasteiger partial charge in [0.05, 0.1) is 5.39 Å². The van der Waals surface area contributed by atoms with E-state index >= 15 is 0 Å². The van der Waals surface area contributed by atoms with Gasteiger partial charge in [0, 0.05) is 0 Å². The van der Waals surface area contributed by atoms with Gasteiger partial charge in [-0.25, -0.2) is 0 Å². The van der Waals surface area contributed by atoms with Crippen LogP contribution in [0.15, 0.2) is 27.4 Å². The number of nitrogens with zero attached hydrogens (tertiary/aromatic N) is 1. The van der Waals surface area contributed by atoms with Crippen molar-refractivity contribution in [3.63, 3.8) is 0 Å². The van der Waals surface area contributed by atoms with Crippen LogP contribution in [0.1, 0.15) is 11.1 Å². The van der Waals surface area contributed by atoms with Gasteiger partial charge in [-0.2, -0.15) is 5.26 Å². The Morgan fingerprint density at radius 1 is 1.47 bits per heavy atom. The molecule has 0 aliphatic heterocycles. The summed E-state index contributed by atoms with van der Waals surface area (Å²) in [6.07, 6.45) is 0. The van der Waals surface area contributed by atoms with E-state index in [1.54, 1.807) is 24.3 Å². The molecular formula is C11H8N2O2. The van der Waals surface area contributed by atoms with Crippen LogP contribution in [-0.2, 0) is 0 Å². The Kier molecular flexibility index (Phi) is 1.94. The minimum Gasteiger partial charge on any atom is -0.439 e. The molecule has 0 spiro atoms. The lowest BCUT2D eigenvalue weighted by molar-refractivity contribution is 0.622. The Morgan fingerprint density at radius 2 is 2.20 bits per heavy atom. The van der Waals surface area contributed by atoms with E-state index < -0.39 is 0 Å². The van der Waals surface area contributed by atoms with Gasteiger partial charge in [-0.3, -0.25) is 4.79 Å². The molecule has 0 saturated carbocycles. The third kappa shape index (κ3) is 1.34. The van der Waals surface area contributed by atoms with E-state index in [2.05, 4.69) is 0 Å². The van der Waals surface area contributed by atoms with Crippen LogP contribution in [-0.4, -0.2) is 0 Å². The molecule has 1 aromatic heterocycles. The molecule has 1 heterocycles. The molecule has 0 amide bonds. The predicted molar refractivity (Wildman–Crippen MR) is 56.3 cm³/mol. The maximum atomic E-state index is 11.7. The monoisotopic (exact) mass is 200 g/mol. The topological polar surface area (TPSA) is 80.0 Å². The molecule has 15 heavy (non-hydrogen) atoms. The largest absolute Gasteiger partial charge is 0.439 e. The Hall–Kier alpha value is -2.28. The molecule has 2 aromatic rings. The van der Waals surface area contributed by atoms with Gasteiger partial charge in [-0.1, -0.05) is 6.07 Å². The summed E-state index contributed by atoms with van der Waals surface area (Å²) in [6, 6.07) is 6.88. The van der Waals surface area contributed by atoms with Gasteiger partial charge >= 0.3 is 0 Å². The zero-order chi connectivity index (χ0) is 11.0. The van der Waals surface area contributed by atoms with Crippen LogP contribution in [0.25, 0.3) is 11.0 Å². The minimum absolute atomic E-state index is 0.124. The number of fused-ring (bicyclic) bond motifs is 1. The predicted octanol–water partition coefficient (Wildman–Crippen LogP) is 1.56. The van der Waals surface area contributed by atoms with Crippen molar-refractivity contribution >= 4 is 16.9 Å². The molecule has 0 saturated heterocycles. The smallest absolute Gasteiger partial charge is 0.212 e. The summed E-state index contributed by atoms with van der Waals surface area (Å²) in [6.45, 7) is 1.88. The lowest BCUT2D eigenvalue weighted by atomic mass is 10.1. The number of nitrogens with two attached hydrogens (primary N) is 1. The van der Waals surface area contributed by atoms with Gasteiger partial charge in [-0.05, 0) is 24.6 Å². The van der Waals surface area contributed by atoms with Gasteiger partial charge in [0.15, 0.2) is 5.56 Å². The Labute approximate surface area is 85.5 Å². The summed E-state index contributed by atoms with van der Waals surface area (Å²) in [4.78, 5) is 11.7. The summed E-state index contributed by atoms with van der Waals surface area (Å²) in [5.74, 6) is -0.124. The molecule has 0 fully saturated rings. The number of aryl methyl sites for hydroxylation is 1. The van der Waals surface area contributed by atoms with E-state index in [-0.39, 0.29) is 16.9 Å². The molecule has 0 radical (unpaired) electrons. The van der Waals surface area contributed by atoms with Crippen molar-refractivity contribution in [3.8, 4) is 6.07 Å². The second kappa shape index (κ2) is 3.14. The van der Waals surface area contributed by atoms with Crippen LogP contribution in [0, 0.1) is 18.3 Å². The molecular weight excluding hydrogens is 192 g/mol. The molecule has 4 heteroatoms. The first-order valence-corrected chi connectivity index (χ1v) is 4.36. The van der Waals surface area contributed by atoms with Crippen LogP contribution < -0.4 is 11.2 Å². The zero-order valence-corrected chi connectivity index (χ0v) is 8.07. The average Bonchev–Trinajstić information content (AvgIpc) is 2.17. The fraction of sp³-hybridized carbons (Fsp3) is 0.0909. The summed E-state index contributed by atoms with van der Waals surface area (Å²) < 4.78 is 5.20. The van der Waals surface area contributed by atoms with Crippen molar-refractivity contribution in [2.45, 2.75) is 6.92 Å². The molecule has 0 atom stereocenters. The van der Waals surface area contributed by atoms with Gasteiger partial charge in [0.1, 0.15) is 11.7 Å². The maximum Gasteiger partial charge on any atom is 0.212 e. The average molecular weight is 200 g/mol. The van der Waals surface area contributed by atoms with Gasteiger partial charge < -0.3 is 10.2 Å². The van der Waals surface area contributed by atoms with Gasteiger partial charge in [0.2, 0.25) is 11.3 Å². The van der Waals surface area contributed by atoms with E-state index in [1.807, 2.05) is 6.92 Å². The molecule has 0 unspecified atom stereocenters. The van der Waals surface area contributed by atoms with Crippen molar-refractivity contribution < 1.29 is 4.42 Å². The summed E-state index contributed by atoms with van der Waals surface area (Å²) >= 11 is 0. The molecule has 1 aromatic carbocycles. The van der Waals surface area contributed by atoms with E-state index in [4.69, 9.17) is 15.4 Å². The molecule has 0 aliphatic rings. The summed E-state index contributed by atoms with van der Waals surface area (Å²) in [7, 11) is 0. The second-order valence-electron chi connectivity index (χ2n) is 3.28. The number of nitriles is 1. The zero-order valence-electron chi connectivity index (χ0n) is 8.07. The molecule has 0 aliphatic carbocycles. The van der Waals surface area contributed by atoms with E-state index in [0.717, 1.165) is 5.56 Å². The fourth-order valence-corrected chi connectivity index (χ4v) is 1.42. The van der Waals surface area contributed by atoms with Crippen LogP contribution in [0.4, 0.5) is 5.88 Å². The molecule has 2 rings (SSSR count). The lowest BCUT2D eigenvalue weighted by Crippen LogP contribution is -2.09. The van der Waals surface area contributed by atoms with Crippen molar-refractivity contribution in [2.24, 2.45) is 0 Å². The quantitative estimate of drug-likeness (QED) is 0.699. The molecule has 0 bridgehead atoms. The van der Waals surface area contributed by atoms with Crippen molar-refractivity contribution in [1.82, 2.24) is 0 Å². The van der Waals surface area contributed by atoms with Gasteiger partial charge in [-0.15, -0.1) is 0 Å². The third-order valence-corrected chi connectivity index (χ3v) is 2.19. The number of nitrogen functional groups attached to an aromatic ring is 1. The highest BCUT2D eigenvalue weighted by Gasteiger charge is 2.11. The summed E-state index contributed by atoms with van der Waals surface area (Å²) in [5.41, 5.74) is 6.33. The highest BCUT2D eigenvalue weighted by Crippen LogP contribution is 2.17. The Balaban J connectivity index is 2.99. The van der Waals surface area contributed by atoms with E-state index in [0.29, 0.717) is 11.0 Å². The van der Waals surface area contributed by atoms with Crippen LogP contribution >= 0.6 is 0 Å².